The number of hydrogen-bond acceptors (Lipinski definition) is 4. The van der Waals surface area contributed by atoms with Crippen molar-refractivity contribution in [3.05, 3.63) is 0 Å². The van der Waals surface area contributed by atoms with E-state index >= 15 is 0 Å². The first-order chi connectivity index (χ1) is 8.63. The summed E-state index contributed by atoms with van der Waals surface area (Å²) in [6, 6.07) is -0.117. The van der Waals surface area contributed by atoms with Crippen LogP contribution in [0, 0.1) is 11.8 Å². The summed E-state index contributed by atoms with van der Waals surface area (Å²) in [7, 11) is 0. The Hall–Kier alpha value is -0.610. The minimum atomic E-state index is -0.124. The zero-order valence-corrected chi connectivity index (χ0v) is 11.9. The largest absolute Gasteiger partial charge is 0.462 e. The van der Waals surface area contributed by atoms with Gasteiger partial charge in [-0.3, -0.25) is 4.79 Å². The van der Waals surface area contributed by atoms with Crippen molar-refractivity contribution >= 4 is 5.97 Å². The molecule has 1 aliphatic rings. The fraction of sp³-hybridized carbons (Fsp3) is 0.929. The molecule has 1 fully saturated rings. The van der Waals surface area contributed by atoms with E-state index in [1.807, 2.05) is 0 Å². The maximum Gasteiger partial charge on any atom is 0.323 e. The average Bonchev–Trinajstić information content (AvgIpc) is 2.37. The molecule has 1 rings (SSSR count). The normalized spacial score (nSPS) is 24.2. The number of piperidine rings is 1. The van der Waals surface area contributed by atoms with Gasteiger partial charge in [-0.25, -0.2) is 0 Å². The smallest absolute Gasteiger partial charge is 0.323 e. The van der Waals surface area contributed by atoms with Crippen molar-refractivity contribution in [1.29, 1.82) is 0 Å². The summed E-state index contributed by atoms with van der Waals surface area (Å²) in [5.41, 5.74) is 0. The van der Waals surface area contributed by atoms with Crippen LogP contribution in [0.2, 0.25) is 0 Å². The lowest BCUT2D eigenvalue weighted by Gasteiger charge is -2.28. The Kier molecular flexibility index (Phi) is 7.28. The van der Waals surface area contributed by atoms with Crippen molar-refractivity contribution in [2.75, 3.05) is 26.4 Å². The Morgan fingerprint density at radius 2 is 2.17 bits per heavy atom. The molecule has 1 N–H and O–H groups in total. The predicted molar refractivity (Wildman–Crippen MR) is 71.4 cm³/mol. The monoisotopic (exact) mass is 257 g/mol. The average molecular weight is 257 g/mol. The Bertz CT molecular complexity index is 243. The Labute approximate surface area is 110 Å². The van der Waals surface area contributed by atoms with Crippen molar-refractivity contribution in [1.82, 2.24) is 5.32 Å². The fourth-order valence-corrected chi connectivity index (χ4v) is 2.17. The van der Waals surface area contributed by atoms with E-state index in [9.17, 15) is 4.79 Å². The molecule has 0 aromatic carbocycles. The van der Waals surface area contributed by atoms with Crippen molar-refractivity contribution in [2.24, 2.45) is 11.8 Å². The molecule has 0 saturated carbocycles. The predicted octanol–water partition coefficient (Wildman–Crippen LogP) is 1.98. The highest BCUT2D eigenvalue weighted by Crippen LogP contribution is 2.19. The number of nitrogens with one attached hydrogen (secondary N) is 1. The highest BCUT2D eigenvalue weighted by Gasteiger charge is 2.26. The van der Waals surface area contributed by atoms with Crippen LogP contribution < -0.4 is 5.32 Å². The molecule has 1 saturated heterocycles. The number of ether oxygens (including phenoxy) is 2. The third-order valence-electron chi connectivity index (χ3n) is 3.30. The molecule has 0 bridgehead atoms. The van der Waals surface area contributed by atoms with Crippen LogP contribution in [0.4, 0.5) is 0 Å². The molecule has 106 valence electrons. The van der Waals surface area contributed by atoms with Crippen LogP contribution in [-0.4, -0.2) is 38.4 Å². The van der Waals surface area contributed by atoms with E-state index in [0.717, 1.165) is 32.4 Å². The van der Waals surface area contributed by atoms with E-state index in [4.69, 9.17) is 9.47 Å². The van der Waals surface area contributed by atoms with E-state index in [0.29, 0.717) is 25.0 Å². The minimum Gasteiger partial charge on any atom is -0.462 e. The van der Waals surface area contributed by atoms with Gasteiger partial charge in [0.2, 0.25) is 0 Å². The number of rotatable bonds is 7. The molecule has 1 heterocycles. The van der Waals surface area contributed by atoms with Crippen LogP contribution in [0.3, 0.4) is 0 Å². The summed E-state index contributed by atoms with van der Waals surface area (Å²) in [6.07, 6.45) is 3.21. The second-order valence-corrected chi connectivity index (χ2v) is 5.44. The standard InChI is InChI=1S/C14H27NO3/c1-4-12-5-6-15-13(9-12)14(16)18-8-7-17-10-11(2)3/h11-13,15H,4-10H2,1-3H3. The SMILES string of the molecule is CCC1CCNC(C(=O)OCCOCC(C)C)C1. The first kappa shape index (κ1) is 15.4. The van der Waals surface area contributed by atoms with E-state index < -0.39 is 0 Å². The highest BCUT2D eigenvalue weighted by molar-refractivity contribution is 5.75. The van der Waals surface area contributed by atoms with Gasteiger partial charge in [-0.15, -0.1) is 0 Å². The van der Waals surface area contributed by atoms with E-state index in [1.165, 1.54) is 0 Å². The van der Waals surface area contributed by atoms with Gasteiger partial charge in [0.25, 0.3) is 0 Å². The third-order valence-corrected chi connectivity index (χ3v) is 3.30. The van der Waals surface area contributed by atoms with Crippen LogP contribution in [-0.2, 0) is 14.3 Å². The van der Waals surface area contributed by atoms with Crippen LogP contribution in [0.25, 0.3) is 0 Å². The number of carbonyl (C=O) groups is 1. The second kappa shape index (κ2) is 8.48. The number of esters is 1. The maximum absolute atomic E-state index is 11.8. The quantitative estimate of drug-likeness (QED) is 0.559. The van der Waals surface area contributed by atoms with E-state index in [2.05, 4.69) is 26.1 Å². The molecular formula is C14H27NO3. The first-order valence-electron chi connectivity index (χ1n) is 7.11. The van der Waals surface area contributed by atoms with Gasteiger partial charge < -0.3 is 14.8 Å². The molecule has 0 aliphatic carbocycles. The molecule has 1 aliphatic heterocycles. The minimum absolute atomic E-state index is 0.117. The van der Waals surface area contributed by atoms with Gasteiger partial charge in [0.15, 0.2) is 0 Å². The zero-order chi connectivity index (χ0) is 13.4. The van der Waals surface area contributed by atoms with Gasteiger partial charge in [0.05, 0.1) is 6.61 Å². The zero-order valence-electron chi connectivity index (χ0n) is 11.9. The summed E-state index contributed by atoms with van der Waals surface area (Å²) < 4.78 is 10.6. The number of carbonyl (C=O) groups excluding carboxylic acids is 1. The lowest BCUT2D eigenvalue weighted by Crippen LogP contribution is -2.44. The number of hydrogen-bond donors (Lipinski definition) is 1. The molecule has 0 aromatic heterocycles. The Morgan fingerprint density at radius 3 is 2.83 bits per heavy atom. The lowest BCUT2D eigenvalue weighted by atomic mass is 9.90. The van der Waals surface area contributed by atoms with Gasteiger partial charge in [-0.1, -0.05) is 27.2 Å². The molecule has 2 unspecified atom stereocenters. The molecule has 18 heavy (non-hydrogen) atoms. The first-order valence-corrected chi connectivity index (χ1v) is 7.11. The molecule has 4 nitrogen and oxygen atoms in total. The molecule has 2 atom stereocenters. The van der Waals surface area contributed by atoms with Gasteiger partial charge in [-0.2, -0.15) is 0 Å². The van der Waals surface area contributed by atoms with Gasteiger partial charge in [-0.05, 0) is 31.2 Å². The van der Waals surface area contributed by atoms with Crippen LogP contribution in [0.1, 0.15) is 40.0 Å². The summed E-state index contributed by atoms with van der Waals surface area (Å²) in [4.78, 5) is 11.8. The third kappa shape index (κ3) is 5.83. The molecule has 0 radical (unpaired) electrons. The maximum atomic E-state index is 11.8. The van der Waals surface area contributed by atoms with Crippen molar-refractivity contribution < 1.29 is 14.3 Å². The summed E-state index contributed by atoms with van der Waals surface area (Å²) in [5, 5.41) is 3.23. The summed E-state index contributed by atoms with van der Waals surface area (Å²) >= 11 is 0. The fourth-order valence-electron chi connectivity index (χ4n) is 2.17. The molecule has 4 heteroatoms. The summed E-state index contributed by atoms with van der Waals surface area (Å²) in [6.45, 7) is 8.87. The van der Waals surface area contributed by atoms with E-state index in [-0.39, 0.29) is 12.0 Å². The topological polar surface area (TPSA) is 47.6 Å². The van der Waals surface area contributed by atoms with Crippen molar-refractivity contribution in [3.63, 3.8) is 0 Å². The molecular weight excluding hydrogens is 230 g/mol. The van der Waals surface area contributed by atoms with Gasteiger partial charge >= 0.3 is 5.97 Å². The van der Waals surface area contributed by atoms with Crippen LogP contribution >= 0.6 is 0 Å². The second-order valence-electron chi connectivity index (χ2n) is 5.44. The van der Waals surface area contributed by atoms with Crippen LogP contribution in [0.5, 0.6) is 0 Å². The van der Waals surface area contributed by atoms with Crippen molar-refractivity contribution in [3.8, 4) is 0 Å². The van der Waals surface area contributed by atoms with Crippen LogP contribution in [0.15, 0.2) is 0 Å². The molecule has 0 amide bonds. The Balaban J connectivity index is 2.12. The Morgan fingerprint density at radius 1 is 1.39 bits per heavy atom. The lowest BCUT2D eigenvalue weighted by molar-refractivity contribution is -0.148. The van der Waals surface area contributed by atoms with E-state index in [1.54, 1.807) is 0 Å². The molecule has 0 spiro atoms. The van der Waals surface area contributed by atoms with Gasteiger partial charge in [0.1, 0.15) is 12.6 Å². The summed E-state index contributed by atoms with van der Waals surface area (Å²) in [5.74, 6) is 1.05. The van der Waals surface area contributed by atoms with Gasteiger partial charge in [0, 0.05) is 6.61 Å². The van der Waals surface area contributed by atoms with Crippen molar-refractivity contribution in [2.45, 2.75) is 46.1 Å². The highest BCUT2D eigenvalue weighted by atomic mass is 16.6. The molecule has 0 aromatic rings.